The first-order valence-corrected chi connectivity index (χ1v) is 29.4. The van der Waals surface area contributed by atoms with Crippen LogP contribution in [0.2, 0.25) is 0 Å². The zero-order chi connectivity index (χ0) is 63.3. The number of aromatic nitrogens is 4. The lowest BCUT2D eigenvalue weighted by molar-refractivity contribution is -0.117. The average molecular weight is 1160 g/mol. The molecule has 1 saturated heterocycles. The molecule has 15 heteroatoms. The highest BCUT2D eigenvalue weighted by Gasteiger charge is 2.68. The maximum atomic E-state index is 15.2. The zero-order valence-corrected chi connectivity index (χ0v) is 55.2. The molecule has 11 rings (SSSR count). The quantitative estimate of drug-likeness (QED) is 0.0986. The number of anilines is 1. The van der Waals surface area contributed by atoms with E-state index in [1.165, 1.54) is 16.0 Å². The van der Waals surface area contributed by atoms with Crippen LogP contribution in [0.4, 0.5) is 10.1 Å². The minimum Gasteiger partial charge on any atom is -0.511 e. The van der Waals surface area contributed by atoms with Crippen LogP contribution in [0.1, 0.15) is 173 Å². The molecule has 4 aliphatic heterocycles. The molecule has 2 aromatic heterocycles. The highest BCUT2D eigenvalue weighted by atomic mass is 19.1. The number of ketones is 1. The monoisotopic (exact) mass is 1160 g/mol. The van der Waals surface area contributed by atoms with Gasteiger partial charge in [0.25, 0.3) is 5.91 Å². The molecule has 452 valence electrons. The number of allylic oxidation sites excluding steroid dienone is 1. The standard InChI is InChI=1S/C34H42FNO5.C19H24N2O2.C17H20N2O2/c1-14-16(3)23(35)17(4)15(2)21(14)25-26(37)22(27(38)30-32(8,9)33(30,10)11)31(39)36(25)24-18(5)19(6)28-29(20(24)7)41-34(12,13)40-28;1-9-10(2)17-18(23-19(7,8)22-17)12(4)15(9)16-11(3)13(5)20-14(6)21-16;1-8-9(2)16-17(21-7-20-16)11(4)14(8)15-10(3)12(5)18-13(6)19-15/h25,30,38H,1-13H3;1-8H3;7H2,1-6H3. The lowest BCUT2D eigenvalue weighted by atomic mass is 9.86. The number of hydrogen-bond donors (Lipinski definition) is 1. The molecule has 1 aliphatic carbocycles. The second-order valence-electron chi connectivity index (χ2n) is 26.3. The van der Waals surface area contributed by atoms with Crippen LogP contribution in [-0.4, -0.2) is 55.1 Å². The number of rotatable bonds is 5. The van der Waals surface area contributed by atoms with Gasteiger partial charge in [-0.15, -0.1) is 0 Å². The van der Waals surface area contributed by atoms with Crippen LogP contribution < -0.4 is 33.3 Å². The van der Waals surface area contributed by atoms with E-state index in [0.29, 0.717) is 57.4 Å². The van der Waals surface area contributed by atoms with Crippen molar-refractivity contribution in [3.63, 3.8) is 0 Å². The smallest absolute Gasteiger partial charge is 0.266 e. The normalized spacial score (nSPS) is 18.6. The van der Waals surface area contributed by atoms with E-state index in [4.69, 9.17) is 33.4 Å². The minimum absolute atomic E-state index is 0.165. The maximum Gasteiger partial charge on any atom is 0.266 e. The van der Waals surface area contributed by atoms with Gasteiger partial charge in [-0.25, -0.2) is 24.3 Å². The van der Waals surface area contributed by atoms with Gasteiger partial charge in [-0.2, -0.15) is 0 Å². The topological polar surface area (TPSA) is 165 Å². The number of amides is 1. The Morgan fingerprint density at radius 2 is 0.824 bits per heavy atom. The number of ether oxygens (including phenoxy) is 6. The molecule has 1 unspecified atom stereocenters. The molecule has 6 heterocycles. The number of benzene rings is 4. The van der Waals surface area contributed by atoms with E-state index in [1.807, 2.05) is 104 Å². The number of aliphatic hydroxyl groups is 1. The molecule has 0 radical (unpaired) electrons. The summed E-state index contributed by atoms with van der Waals surface area (Å²) in [5.74, 6) is 2.75. The van der Waals surface area contributed by atoms with E-state index in [0.717, 1.165) is 113 Å². The van der Waals surface area contributed by atoms with E-state index in [2.05, 4.69) is 70.3 Å². The van der Waals surface area contributed by atoms with E-state index >= 15 is 4.39 Å². The molecule has 1 atom stereocenters. The first kappa shape index (κ1) is 62.0. The first-order chi connectivity index (χ1) is 39.2. The van der Waals surface area contributed by atoms with Crippen molar-refractivity contribution in [2.75, 3.05) is 11.7 Å². The zero-order valence-electron chi connectivity index (χ0n) is 55.2. The molecule has 0 bridgehead atoms. The van der Waals surface area contributed by atoms with E-state index in [1.54, 1.807) is 27.7 Å². The average Bonchev–Trinajstić information content (AvgIpc) is 1.56. The summed E-state index contributed by atoms with van der Waals surface area (Å²) in [7, 11) is 0. The number of hydrogen-bond acceptors (Lipinski definition) is 13. The fourth-order valence-corrected chi connectivity index (χ4v) is 13.4. The first-order valence-electron chi connectivity index (χ1n) is 29.4. The third kappa shape index (κ3) is 9.66. The van der Waals surface area contributed by atoms with Crippen molar-refractivity contribution in [3.8, 4) is 57.0 Å². The Labute approximate surface area is 501 Å². The summed E-state index contributed by atoms with van der Waals surface area (Å²) in [4.78, 5) is 48.9. The van der Waals surface area contributed by atoms with Crippen molar-refractivity contribution < 1.29 is 47.5 Å². The molecular formula is C70H86FN5O9. The van der Waals surface area contributed by atoms with Gasteiger partial charge >= 0.3 is 0 Å². The van der Waals surface area contributed by atoms with Crippen molar-refractivity contribution in [3.05, 3.63) is 129 Å². The SMILES string of the molecule is Cc1c(C)c(C2C(=O)C(=C(O)C3C(C)(C)C3(C)C)C(=O)N2c2c(C)c(C)c3c(c2C)OC(C)(C)O3)c(C)c(C)c1F.Cc1nc(C)c(C)c(-c2c(C)c(C)c3c(c2C)OC(C)(C)O3)n1.Cc1nc(C)c(C)c(-c2c(C)c(C)c3c(c2C)OCO3)n1. The summed E-state index contributed by atoms with van der Waals surface area (Å²) in [6.07, 6.45) is 0. The van der Waals surface area contributed by atoms with Gasteiger partial charge in [0.1, 0.15) is 34.8 Å². The predicted molar refractivity (Wildman–Crippen MR) is 331 cm³/mol. The molecule has 1 saturated carbocycles. The van der Waals surface area contributed by atoms with Crippen molar-refractivity contribution in [1.29, 1.82) is 0 Å². The Kier molecular flexibility index (Phi) is 15.2. The van der Waals surface area contributed by atoms with Gasteiger partial charge in [0.15, 0.2) is 40.3 Å². The number of fused-ring (bicyclic) bond motifs is 3. The number of Topliss-reactive ketones (excluding diaryl/α,β-unsaturated/α-hetero) is 1. The molecule has 4 aromatic carbocycles. The number of aliphatic hydroxyl groups excluding tert-OH is 1. The fourth-order valence-electron chi connectivity index (χ4n) is 13.4. The predicted octanol–water partition coefficient (Wildman–Crippen LogP) is 15.9. The van der Waals surface area contributed by atoms with Gasteiger partial charge in [-0.3, -0.25) is 14.5 Å². The van der Waals surface area contributed by atoms with Crippen LogP contribution in [0.5, 0.6) is 34.5 Å². The van der Waals surface area contributed by atoms with Crippen molar-refractivity contribution in [2.24, 2.45) is 16.7 Å². The van der Waals surface area contributed by atoms with Gasteiger partial charge in [0, 0.05) is 78.4 Å². The lowest BCUT2D eigenvalue weighted by Gasteiger charge is -2.31. The molecule has 85 heavy (non-hydrogen) atoms. The molecule has 1 amide bonds. The summed E-state index contributed by atoms with van der Waals surface area (Å²) in [6.45, 7) is 53.2. The highest BCUT2D eigenvalue weighted by Crippen LogP contribution is 2.71. The van der Waals surface area contributed by atoms with Crippen LogP contribution in [0.3, 0.4) is 0 Å². The van der Waals surface area contributed by atoms with E-state index in [-0.39, 0.29) is 33.9 Å². The maximum absolute atomic E-state index is 15.2. The van der Waals surface area contributed by atoms with Crippen LogP contribution in [0.25, 0.3) is 22.5 Å². The summed E-state index contributed by atoms with van der Waals surface area (Å²) in [5.41, 5.74) is 20.0. The lowest BCUT2D eigenvalue weighted by Crippen LogP contribution is -2.32. The van der Waals surface area contributed by atoms with Crippen LogP contribution >= 0.6 is 0 Å². The molecule has 2 fully saturated rings. The third-order valence-corrected chi connectivity index (χ3v) is 19.7. The molecular weight excluding hydrogens is 1070 g/mol. The number of aryl methyl sites for hydroxylation is 4. The van der Waals surface area contributed by atoms with Gasteiger partial charge in [-0.05, 0) is 209 Å². The second kappa shape index (κ2) is 20.9. The van der Waals surface area contributed by atoms with Crippen LogP contribution in [-0.2, 0) is 9.59 Å². The Morgan fingerprint density at radius 3 is 1.25 bits per heavy atom. The van der Waals surface area contributed by atoms with Crippen molar-refractivity contribution in [1.82, 2.24) is 19.9 Å². The summed E-state index contributed by atoms with van der Waals surface area (Å²) >= 11 is 0. The summed E-state index contributed by atoms with van der Waals surface area (Å²) < 4.78 is 50.8. The largest absolute Gasteiger partial charge is 0.511 e. The van der Waals surface area contributed by atoms with Crippen LogP contribution in [0, 0.1) is 154 Å². The Hall–Kier alpha value is -7.55. The minimum atomic E-state index is -1.08. The van der Waals surface area contributed by atoms with Gasteiger partial charge in [0.2, 0.25) is 18.4 Å². The molecule has 5 aliphatic rings. The third-order valence-electron chi connectivity index (χ3n) is 19.7. The van der Waals surface area contributed by atoms with Crippen molar-refractivity contribution in [2.45, 2.75) is 205 Å². The second-order valence-corrected chi connectivity index (χ2v) is 26.3. The number of carbonyl (C=O) groups excluding carboxylic acids is 2. The Morgan fingerprint density at radius 1 is 0.459 bits per heavy atom. The number of carbonyl (C=O) groups is 2. The van der Waals surface area contributed by atoms with Crippen molar-refractivity contribution >= 4 is 17.4 Å². The van der Waals surface area contributed by atoms with E-state index < -0.39 is 29.3 Å². The molecule has 0 spiro atoms. The van der Waals surface area contributed by atoms with E-state index in [9.17, 15) is 14.7 Å². The Balaban J connectivity index is 0.000000166. The van der Waals surface area contributed by atoms with Gasteiger partial charge in [-0.1, -0.05) is 27.7 Å². The van der Waals surface area contributed by atoms with Crippen LogP contribution in [0.15, 0.2) is 11.3 Å². The summed E-state index contributed by atoms with van der Waals surface area (Å²) in [6, 6.07) is -1.08. The number of nitrogens with zero attached hydrogens (tertiary/aromatic N) is 5. The molecule has 14 nitrogen and oxygen atoms in total. The summed E-state index contributed by atoms with van der Waals surface area (Å²) in [5, 5.41) is 11.6. The highest BCUT2D eigenvalue weighted by molar-refractivity contribution is 6.34. The fraction of sp³-hybridized carbons (Fsp3) is 0.486. The molecule has 1 N–H and O–H groups in total. The Bertz CT molecular complexity index is 3920. The number of halogens is 1. The van der Waals surface area contributed by atoms with Gasteiger partial charge < -0.3 is 33.5 Å². The van der Waals surface area contributed by atoms with Gasteiger partial charge in [0.05, 0.1) is 17.1 Å². The molecule has 6 aromatic rings.